The highest BCUT2D eigenvalue weighted by atomic mass is 127. The second-order valence-electron chi connectivity index (χ2n) is 5.39. The Morgan fingerprint density at radius 3 is 2.95 bits per heavy atom. The van der Waals surface area contributed by atoms with Gasteiger partial charge >= 0.3 is 0 Å². The van der Waals surface area contributed by atoms with Gasteiger partial charge in [-0.2, -0.15) is 11.8 Å². The number of rotatable bonds is 7. The molecule has 7 heteroatoms. The quantitative estimate of drug-likeness (QED) is 0.298. The summed E-state index contributed by atoms with van der Waals surface area (Å²) in [6, 6.07) is 0. The molecule has 1 unspecified atom stereocenters. The molecule has 0 saturated carbocycles. The van der Waals surface area contributed by atoms with Gasteiger partial charge in [0.2, 0.25) is 0 Å². The Morgan fingerprint density at radius 2 is 2.32 bits per heavy atom. The molecule has 1 saturated heterocycles. The molecule has 1 fully saturated rings. The molecule has 1 atom stereocenters. The van der Waals surface area contributed by atoms with E-state index in [1.807, 2.05) is 26.4 Å². The molecule has 0 spiro atoms. The average molecular weight is 437 g/mol. The zero-order chi connectivity index (χ0) is 14.9. The number of halogens is 1. The normalized spacial score (nSPS) is 18.1. The number of imidazole rings is 1. The molecule has 2 N–H and O–H groups in total. The van der Waals surface area contributed by atoms with E-state index in [1.54, 1.807) is 0 Å². The topological polar surface area (TPSA) is 54.2 Å². The lowest BCUT2D eigenvalue weighted by atomic mass is 10.2. The predicted molar refractivity (Wildman–Crippen MR) is 106 cm³/mol. The van der Waals surface area contributed by atoms with Crippen LogP contribution in [-0.4, -0.2) is 46.7 Å². The number of nitrogens with zero attached hydrogens (tertiary/aromatic N) is 3. The highest BCUT2D eigenvalue weighted by Gasteiger charge is 2.15. The molecular weight excluding hydrogens is 409 g/mol. The molecule has 2 rings (SSSR count). The summed E-state index contributed by atoms with van der Waals surface area (Å²) in [5.41, 5.74) is 0. The fraction of sp³-hybridized carbons (Fsp3) is 0.733. The van der Waals surface area contributed by atoms with Crippen LogP contribution in [0.1, 0.15) is 31.5 Å². The summed E-state index contributed by atoms with van der Waals surface area (Å²) in [4.78, 5) is 8.52. The fourth-order valence-electron chi connectivity index (χ4n) is 2.49. The molecule has 0 aromatic carbocycles. The van der Waals surface area contributed by atoms with Crippen LogP contribution in [0.5, 0.6) is 0 Å². The molecule has 1 aliphatic rings. The van der Waals surface area contributed by atoms with Crippen molar-refractivity contribution in [3.63, 3.8) is 0 Å². The Labute approximate surface area is 155 Å². The lowest BCUT2D eigenvalue weighted by molar-refractivity contribution is 0.588. The third kappa shape index (κ3) is 6.76. The van der Waals surface area contributed by atoms with E-state index in [0.29, 0.717) is 0 Å². The van der Waals surface area contributed by atoms with Crippen molar-refractivity contribution >= 4 is 41.7 Å². The lowest BCUT2D eigenvalue weighted by Gasteiger charge is -2.14. The maximum atomic E-state index is 4.28. The van der Waals surface area contributed by atoms with Gasteiger partial charge in [0.15, 0.2) is 5.96 Å². The highest BCUT2D eigenvalue weighted by Crippen LogP contribution is 2.25. The Bertz CT molecular complexity index is 443. The molecule has 2 heterocycles. The van der Waals surface area contributed by atoms with Gasteiger partial charge in [0.1, 0.15) is 5.82 Å². The van der Waals surface area contributed by atoms with E-state index >= 15 is 0 Å². The number of unbranched alkanes of at least 4 members (excludes halogenated alkanes) is 1. The van der Waals surface area contributed by atoms with Crippen molar-refractivity contribution < 1.29 is 0 Å². The monoisotopic (exact) mass is 437 g/mol. The first-order chi connectivity index (χ1) is 10.3. The largest absolute Gasteiger partial charge is 0.356 e. The minimum atomic E-state index is 0. The van der Waals surface area contributed by atoms with Crippen LogP contribution in [0.3, 0.4) is 0 Å². The first kappa shape index (κ1) is 19.6. The molecule has 126 valence electrons. The second-order valence-corrected chi connectivity index (χ2v) is 6.80. The predicted octanol–water partition coefficient (Wildman–Crippen LogP) is 2.65. The molecule has 5 nitrogen and oxygen atoms in total. The minimum absolute atomic E-state index is 0. The third-order valence-corrected chi connectivity index (χ3v) is 5.18. The summed E-state index contributed by atoms with van der Waals surface area (Å²) in [5.74, 6) is 3.34. The molecule has 0 bridgehead atoms. The van der Waals surface area contributed by atoms with Gasteiger partial charge in [-0.15, -0.1) is 24.0 Å². The summed E-state index contributed by atoms with van der Waals surface area (Å²) < 4.78 is 2.20. The van der Waals surface area contributed by atoms with E-state index in [4.69, 9.17) is 0 Å². The summed E-state index contributed by atoms with van der Waals surface area (Å²) in [6.45, 7) is 5.08. The molecule has 0 radical (unpaired) electrons. The van der Waals surface area contributed by atoms with Crippen molar-refractivity contribution in [2.24, 2.45) is 4.99 Å². The smallest absolute Gasteiger partial charge is 0.191 e. The zero-order valence-corrected chi connectivity index (χ0v) is 16.7. The van der Waals surface area contributed by atoms with Crippen molar-refractivity contribution in [1.29, 1.82) is 0 Å². The number of hydrogen-bond acceptors (Lipinski definition) is 3. The molecular formula is C15H28IN5S. The first-order valence-electron chi connectivity index (χ1n) is 7.83. The van der Waals surface area contributed by atoms with Crippen LogP contribution in [0, 0.1) is 6.92 Å². The number of nitrogens with one attached hydrogen (secondary N) is 2. The second kappa shape index (κ2) is 11.2. The zero-order valence-electron chi connectivity index (χ0n) is 13.5. The maximum absolute atomic E-state index is 4.28. The summed E-state index contributed by atoms with van der Waals surface area (Å²) in [7, 11) is 1.84. The van der Waals surface area contributed by atoms with Crippen LogP contribution >= 0.6 is 35.7 Å². The maximum Gasteiger partial charge on any atom is 0.191 e. The first-order valence-corrected chi connectivity index (χ1v) is 8.88. The van der Waals surface area contributed by atoms with Crippen molar-refractivity contribution in [3.8, 4) is 0 Å². The lowest BCUT2D eigenvalue weighted by Crippen LogP contribution is -2.40. The van der Waals surface area contributed by atoms with E-state index in [-0.39, 0.29) is 24.0 Å². The van der Waals surface area contributed by atoms with E-state index in [0.717, 1.165) is 49.5 Å². The Kier molecular flexibility index (Phi) is 9.94. The van der Waals surface area contributed by atoms with Crippen molar-refractivity contribution in [1.82, 2.24) is 20.2 Å². The number of guanidine groups is 1. The third-order valence-electron chi connectivity index (χ3n) is 3.79. The number of aryl methyl sites for hydroxylation is 2. The molecule has 22 heavy (non-hydrogen) atoms. The van der Waals surface area contributed by atoms with Gasteiger partial charge < -0.3 is 15.2 Å². The standard InChI is InChI=1S/C15H27N5S.HI/c1-13-17-8-10-20(13)9-4-3-7-18-15(16-2)19-12-14-6-5-11-21-14;/h8,10,14H,3-7,9,11-12H2,1-2H3,(H2,16,18,19);1H. The summed E-state index contributed by atoms with van der Waals surface area (Å²) >= 11 is 2.07. The van der Waals surface area contributed by atoms with Gasteiger partial charge in [0.05, 0.1) is 0 Å². The number of aromatic nitrogens is 2. The van der Waals surface area contributed by atoms with Crippen molar-refractivity contribution in [2.75, 3.05) is 25.9 Å². The Balaban J connectivity index is 0.00000242. The Hall–Kier alpha value is -0.440. The molecule has 0 amide bonds. The van der Waals surface area contributed by atoms with Gasteiger partial charge in [-0.05, 0) is 38.4 Å². The number of hydrogen-bond donors (Lipinski definition) is 2. The van der Waals surface area contributed by atoms with Gasteiger partial charge in [-0.1, -0.05) is 0 Å². The fourth-order valence-corrected chi connectivity index (χ4v) is 3.69. The minimum Gasteiger partial charge on any atom is -0.356 e. The van der Waals surface area contributed by atoms with Crippen molar-refractivity contribution in [2.45, 2.75) is 44.4 Å². The summed E-state index contributed by atoms with van der Waals surface area (Å²) in [6.07, 6.45) is 8.88. The van der Waals surface area contributed by atoms with Gasteiger partial charge in [-0.3, -0.25) is 4.99 Å². The molecule has 1 aromatic rings. The number of aliphatic imine (C=N–C) groups is 1. The number of thioether (sulfide) groups is 1. The van der Waals surface area contributed by atoms with Crippen molar-refractivity contribution in [3.05, 3.63) is 18.2 Å². The SMILES string of the molecule is CN=C(NCCCCn1ccnc1C)NCC1CCCS1.I. The van der Waals surface area contributed by atoms with Gasteiger partial charge in [-0.25, -0.2) is 4.98 Å². The van der Waals surface area contributed by atoms with E-state index in [1.165, 1.54) is 18.6 Å². The average Bonchev–Trinajstić information content (AvgIpc) is 3.14. The van der Waals surface area contributed by atoms with E-state index in [2.05, 4.69) is 36.9 Å². The van der Waals surface area contributed by atoms with Gasteiger partial charge in [0, 0.05) is 44.3 Å². The van der Waals surface area contributed by atoms with Crippen LogP contribution in [0.15, 0.2) is 17.4 Å². The van der Waals surface area contributed by atoms with Crippen LogP contribution in [0.25, 0.3) is 0 Å². The summed E-state index contributed by atoms with van der Waals surface area (Å²) in [5, 5.41) is 7.58. The molecule has 1 aromatic heterocycles. The molecule has 0 aliphatic carbocycles. The van der Waals surface area contributed by atoms with Crippen LogP contribution in [-0.2, 0) is 6.54 Å². The Morgan fingerprint density at radius 1 is 1.45 bits per heavy atom. The van der Waals surface area contributed by atoms with Gasteiger partial charge in [0.25, 0.3) is 0 Å². The van der Waals surface area contributed by atoms with E-state index in [9.17, 15) is 0 Å². The van der Waals surface area contributed by atoms with Crippen LogP contribution in [0.4, 0.5) is 0 Å². The van der Waals surface area contributed by atoms with Crippen LogP contribution < -0.4 is 10.6 Å². The molecule has 1 aliphatic heterocycles. The van der Waals surface area contributed by atoms with Crippen LogP contribution in [0.2, 0.25) is 0 Å². The highest BCUT2D eigenvalue weighted by molar-refractivity contribution is 14.0. The van der Waals surface area contributed by atoms with E-state index < -0.39 is 0 Å².